The Bertz CT molecular complexity index is 275. The molecular formula is C7H8BrClN2. The van der Waals surface area contributed by atoms with Crippen LogP contribution in [-0.2, 0) is 0 Å². The number of halogens is 2. The lowest BCUT2D eigenvalue weighted by Crippen LogP contribution is -1.94. The van der Waals surface area contributed by atoms with Crippen LogP contribution in [0.1, 0.15) is 5.56 Å². The lowest BCUT2D eigenvalue weighted by atomic mass is 10.2. The number of nitrogens with zero attached hydrogens (tertiary/aromatic N) is 1. The first-order valence-electron chi connectivity index (χ1n) is 3.15. The third-order valence-corrected chi connectivity index (χ3v) is 2.98. The Balaban J connectivity index is 3.25. The van der Waals surface area contributed by atoms with Gasteiger partial charge in [-0.3, -0.25) is 0 Å². The molecule has 11 heavy (non-hydrogen) atoms. The zero-order valence-corrected chi connectivity index (χ0v) is 8.62. The van der Waals surface area contributed by atoms with Crippen LogP contribution >= 0.6 is 27.5 Å². The molecule has 0 aliphatic heterocycles. The van der Waals surface area contributed by atoms with Gasteiger partial charge in [0.1, 0.15) is 5.15 Å². The van der Waals surface area contributed by atoms with Crippen molar-refractivity contribution in [2.24, 2.45) is 0 Å². The van der Waals surface area contributed by atoms with Crippen molar-refractivity contribution in [2.75, 3.05) is 12.4 Å². The van der Waals surface area contributed by atoms with Crippen LogP contribution in [-0.4, -0.2) is 12.0 Å². The highest BCUT2D eigenvalue weighted by molar-refractivity contribution is 9.10. The number of anilines is 1. The van der Waals surface area contributed by atoms with Gasteiger partial charge in [-0.25, -0.2) is 4.98 Å². The Morgan fingerprint density at radius 1 is 1.64 bits per heavy atom. The maximum absolute atomic E-state index is 5.76. The summed E-state index contributed by atoms with van der Waals surface area (Å²) in [5.74, 6) is 0. The molecule has 1 aromatic heterocycles. The monoisotopic (exact) mass is 234 g/mol. The minimum Gasteiger partial charge on any atom is -0.387 e. The fraction of sp³-hybridized carbons (Fsp3) is 0.286. The van der Waals surface area contributed by atoms with E-state index in [9.17, 15) is 0 Å². The van der Waals surface area contributed by atoms with Crippen LogP contribution in [0.25, 0.3) is 0 Å². The van der Waals surface area contributed by atoms with E-state index in [4.69, 9.17) is 11.6 Å². The number of hydrogen-bond acceptors (Lipinski definition) is 2. The smallest absolute Gasteiger partial charge is 0.143 e. The Kier molecular flexibility index (Phi) is 2.73. The molecule has 0 fully saturated rings. The SMILES string of the molecule is CNc1cnc(Cl)c(Br)c1C. The van der Waals surface area contributed by atoms with Gasteiger partial charge >= 0.3 is 0 Å². The van der Waals surface area contributed by atoms with Crippen molar-refractivity contribution in [3.8, 4) is 0 Å². The van der Waals surface area contributed by atoms with Crippen molar-refractivity contribution in [2.45, 2.75) is 6.92 Å². The van der Waals surface area contributed by atoms with Crippen LogP contribution in [0.3, 0.4) is 0 Å². The van der Waals surface area contributed by atoms with Crippen LogP contribution in [0.5, 0.6) is 0 Å². The maximum atomic E-state index is 5.76. The van der Waals surface area contributed by atoms with E-state index in [1.807, 2.05) is 14.0 Å². The molecule has 0 radical (unpaired) electrons. The van der Waals surface area contributed by atoms with Gasteiger partial charge in [-0.1, -0.05) is 11.6 Å². The molecule has 0 saturated heterocycles. The standard InChI is InChI=1S/C7H8BrClN2/c1-4-5(10-2)3-11-7(9)6(4)8/h3,10H,1-2H3. The molecule has 60 valence electrons. The normalized spacial score (nSPS) is 9.82. The summed E-state index contributed by atoms with van der Waals surface area (Å²) >= 11 is 9.09. The Labute approximate surface area is 79.1 Å². The molecule has 1 N–H and O–H groups in total. The summed E-state index contributed by atoms with van der Waals surface area (Å²) in [7, 11) is 1.85. The molecule has 4 heteroatoms. The molecular weight excluding hydrogens is 227 g/mol. The van der Waals surface area contributed by atoms with E-state index < -0.39 is 0 Å². The number of rotatable bonds is 1. The van der Waals surface area contributed by atoms with Gasteiger partial charge in [0.25, 0.3) is 0 Å². The quantitative estimate of drug-likeness (QED) is 0.757. The minimum absolute atomic E-state index is 0.501. The average Bonchev–Trinajstić information content (AvgIpc) is 2.01. The number of nitrogens with one attached hydrogen (secondary N) is 1. The first-order chi connectivity index (χ1) is 5.16. The molecule has 0 aliphatic rings. The van der Waals surface area contributed by atoms with E-state index >= 15 is 0 Å². The zero-order valence-electron chi connectivity index (χ0n) is 6.28. The second-order valence-corrected chi connectivity index (χ2v) is 3.30. The van der Waals surface area contributed by atoms with Crippen LogP contribution < -0.4 is 5.32 Å². The number of pyridine rings is 1. The van der Waals surface area contributed by atoms with Gasteiger partial charge in [-0.15, -0.1) is 0 Å². The van der Waals surface area contributed by atoms with Crippen molar-refractivity contribution in [1.82, 2.24) is 4.98 Å². The average molecular weight is 236 g/mol. The Morgan fingerprint density at radius 3 is 2.82 bits per heavy atom. The van der Waals surface area contributed by atoms with E-state index in [1.54, 1.807) is 6.20 Å². The van der Waals surface area contributed by atoms with Crippen LogP contribution in [0, 0.1) is 6.92 Å². The van der Waals surface area contributed by atoms with Crippen LogP contribution in [0.4, 0.5) is 5.69 Å². The van der Waals surface area contributed by atoms with Crippen molar-refractivity contribution in [3.05, 3.63) is 21.4 Å². The van der Waals surface area contributed by atoms with E-state index in [0.717, 1.165) is 15.7 Å². The Hall–Kier alpha value is -0.280. The molecule has 1 heterocycles. The van der Waals surface area contributed by atoms with Crippen molar-refractivity contribution in [3.63, 3.8) is 0 Å². The Morgan fingerprint density at radius 2 is 2.27 bits per heavy atom. The van der Waals surface area contributed by atoms with Gasteiger partial charge in [-0.05, 0) is 28.4 Å². The van der Waals surface area contributed by atoms with E-state index in [-0.39, 0.29) is 0 Å². The summed E-state index contributed by atoms with van der Waals surface area (Å²) in [5, 5.41) is 3.51. The lowest BCUT2D eigenvalue weighted by molar-refractivity contribution is 1.24. The molecule has 0 amide bonds. The largest absolute Gasteiger partial charge is 0.387 e. The second kappa shape index (κ2) is 3.41. The third kappa shape index (κ3) is 1.65. The molecule has 0 aliphatic carbocycles. The first kappa shape index (κ1) is 8.81. The zero-order chi connectivity index (χ0) is 8.43. The van der Waals surface area contributed by atoms with Gasteiger partial charge in [-0.2, -0.15) is 0 Å². The molecule has 1 rings (SSSR count). The van der Waals surface area contributed by atoms with Crippen LogP contribution in [0.15, 0.2) is 10.7 Å². The highest BCUT2D eigenvalue weighted by Crippen LogP contribution is 2.28. The lowest BCUT2D eigenvalue weighted by Gasteiger charge is -2.06. The predicted octanol–water partition coefficient (Wildman–Crippen LogP) is 2.85. The van der Waals surface area contributed by atoms with Gasteiger partial charge < -0.3 is 5.32 Å². The summed E-state index contributed by atoms with van der Waals surface area (Å²) in [6.45, 7) is 1.98. The van der Waals surface area contributed by atoms with E-state index in [0.29, 0.717) is 5.15 Å². The summed E-state index contributed by atoms with van der Waals surface area (Å²) in [6.07, 6.45) is 1.71. The van der Waals surface area contributed by atoms with Gasteiger partial charge in [0, 0.05) is 7.05 Å². The third-order valence-electron chi connectivity index (χ3n) is 1.49. The molecule has 0 aromatic carbocycles. The fourth-order valence-corrected chi connectivity index (χ4v) is 1.31. The fourth-order valence-electron chi connectivity index (χ4n) is 0.800. The highest BCUT2D eigenvalue weighted by Gasteiger charge is 2.04. The molecule has 0 saturated carbocycles. The van der Waals surface area contributed by atoms with Crippen molar-refractivity contribution < 1.29 is 0 Å². The molecule has 0 atom stereocenters. The van der Waals surface area contributed by atoms with Crippen molar-refractivity contribution >= 4 is 33.2 Å². The van der Waals surface area contributed by atoms with Gasteiger partial charge in [0.05, 0.1) is 16.4 Å². The van der Waals surface area contributed by atoms with Gasteiger partial charge in [0.15, 0.2) is 0 Å². The van der Waals surface area contributed by atoms with Crippen LogP contribution in [0.2, 0.25) is 5.15 Å². The molecule has 2 nitrogen and oxygen atoms in total. The predicted molar refractivity (Wildman–Crippen MR) is 51.2 cm³/mol. The van der Waals surface area contributed by atoms with Crippen molar-refractivity contribution in [1.29, 1.82) is 0 Å². The summed E-state index contributed by atoms with van der Waals surface area (Å²) in [5.41, 5.74) is 2.06. The number of aromatic nitrogens is 1. The molecule has 1 aromatic rings. The summed E-state index contributed by atoms with van der Waals surface area (Å²) < 4.78 is 0.853. The second-order valence-electron chi connectivity index (χ2n) is 2.15. The van der Waals surface area contributed by atoms with E-state index in [2.05, 4.69) is 26.2 Å². The topological polar surface area (TPSA) is 24.9 Å². The van der Waals surface area contributed by atoms with E-state index in [1.165, 1.54) is 0 Å². The van der Waals surface area contributed by atoms with Gasteiger partial charge in [0.2, 0.25) is 0 Å². The molecule has 0 spiro atoms. The summed E-state index contributed by atoms with van der Waals surface area (Å²) in [4.78, 5) is 3.97. The highest BCUT2D eigenvalue weighted by atomic mass is 79.9. The maximum Gasteiger partial charge on any atom is 0.143 e. The number of hydrogen-bond donors (Lipinski definition) is 1. The first-order valence-corrected chi connectivity index (χ1v) is 4.32. The summed E-state index contributed by atoms with van der Waals surface area (Å²) in [6, 6.07) is 0. The minimum atomic E-state index is 0.501. The molecule has 0 unspecified atom stereocenters. The molecule has 0 bridgehead atoms.